The van der Waals surface area contributed by atoms with Gasteiger partial charge >= 0.3 is 0 Å². The lowest BCUT2D eigenvalue weighted by Gasteiger charge is -2.10. The maximum absolute atomic E-state index is 4.27. The molecule has 1 aromatic heterocycles. The Morgan fingerprint density at radius 3 is 2.67 bits per heavy atom. The summed E-state index contributed by atoms with van der Waals surface area (Å²) in [5, 5.41) is 7.68. The van der Waals surface area contributed by atoms with E-state index in [9.17, 15) is 0 Å². The number of nitrogens with zero attached hydrogens (tertiary/aromatic N) is 2. The van der Waals surface area contributed by atoms with Crippen LogP contribution < -0.4 is 5.32 Å². The predicted octanol–water partition coefficient (Wildman–Crippen LogP) is 3.90. The van der Waals surface area contributed by atoms with Crippen molar-refractivity contribution in [1.29, 1.82) is 0 Å². The molecule has 0 unspecified atom stereocenters. The molecule has 0 radical (unpaired) electrons. The van der Waals surface area contributed by atoms with Crippen molar-refractivity contribution >= 4 is 31.9 Å². The van der Waals surface area contributed by atoms with Gasteiger partial charge in [-0.2, -0.15) is 5.10 Å². The van der Waals surface area contributed by atoms with Gasteiger partial charge in [-0.1, -0.05) is 19.9 Å². The van der Waals surface area contributed by atoms with Crippen LogP contribution in [-0.4, -0.2) is 15.8 Å². The molecule has 0 amide bonds. The third kappa shape index (κ3) is 3.43. The topological polar surface area (TPSA) is 29.9 Å². The summed E-state index contributed by atoms with van der Waals surface area (Å²) < 4.78 is 3.86. The second-order valence-electron chi connectivity index (χ2n) is 4.42. The SMILES string of the molecule is CC(C)NCc1ccc(-n2cc(Br)cn2)c(Br)c1. The summed E-state index contributed by atoms with van der Waals surface area (Å²) in [7, 11) is 0. The molecule has 0 fully saturated rings. The molecule has 0 atom stereocenters. The zero-order chi connectivity index (χ0) is 13.1. The molecule has 0 aliphatic carbocycles. The largest absolute Gasteiger partial charge is 0.310 e. The van der Waals surface area contributed by atoms with Crippen LogP contribution in [0.5, 0.6) is 0 Å². The highest BCUT2D eigenvalue weighted by Crippen LogP contribution is 2.23. The van der Waals surface area contributed by atoms with E-state index in [1.165, 1.54) is 5.56 Å². The molecular formula is C13H15Br2N3. The van der Waals surface area contributed by atoms with Gasteiger partial charge in [-0.3, -0.25) is 0 Å². The zero-order valence-electron chi connectivity index (χ0n) is 10.3. The molecule has 0 spiro atoms. The van der Waals surface area contributed by atoms with Crippen molar-refractivity contribution in [1.82, 2.24) is 15.1 Å². The first-order chi connectivity index (χ1) is 8.56. The van der Waals surface area contributed by atoms with Gasteiger partial charge in [-0.15, -0.1) is 0 Å². The van der Waals surface area contributed by atoms with Crippen LogP contribution in [0.3, 0.4) is 0 Å². The number of rotatable bonds is 4. The Morgan fingerprint density at radius 2 is 2.11 bits per heavy atom. The van der Waals surface area contributed by atoms with Crippen LogP contribution in [0.1, 0.15) is 19.4 Å². The Labute approximate surface area is 124 Å². The van der Waals surface area contributed by atoms with E-state index in [-0.39, 0.29) is 0 Å². The first-order valence-corrected chi connectivity index (χ1v) is 7.37. The standard InChI is InChI=1S/C13H15Br2N3/c1-9(2)16-6-10-3-4-13(12(15)5-10)18-8-11(14)7-17-18/h3-5,7-9,16H,6H2,1-2H3. The summed E-state index contributed by atoms with van der Waals surface area (Å²) >= 11 is 7.00. The van der Waals surface area contributed by atoms with Crippen molar-refractivity contribution in [3.8, 4) is 5.69 Å². The van der Waals surface area contributed by atoms with Crippen molar-refractivity contribution in [2.75, 3.05) is 0 Å². The Morgan fingerprint density at radius 1 is 1.33 bits per heavy atom. The molecule has 0 bridgehead atoms. The van der Waals surface area contributed by atoms with Crippen LogP contribution in [0, 0.1) is 0 Å². The minimum absolute atomic E-state index is 0.491. The van der Waals surface area contributed by atoms with Crippen molar-refractivity contribution < 1.29 is 0 Å². The predicted molar refractivity (Wildman–Crippen MR) is 80.9 cm³/mol. The normalized spacial score (nSPS) is 11.2. The molecule has 1 N–H and O–H groups in total. The van der Waals surface area contributed by atoms with E-state index in [1.807, 2.05) is 10.9 Å². The van der Waals surface area contributed by atoms with Gasteiger partial charge in [0.25, 0.3) is 0 Å². The number of aromatic nitrogens is 2. The van der Waals surface area contributed by atoms with E-state index >= 15 is 0 Å². The van der Waals surface area contributed by atoms with E-state index < -0.39 is 0 Å². The van der Waals surface area contributed by atoms with Crippen LogP contribution in [0.4, 0.5) is 0 Å². The van der Waals surface area contributed by atoms with Gasteiger partial charge in [0.05, 0.1) is 16.4 Å². The fourth-order valence-corrected chi connectivity index (χ4v) is 2.49. The molecule has 3 nitrogen and oxygen atoms in total. The molecule has 0 aliphatic rings. The van der Waals surface area contributed by atoms with Gasteiger partial charge < -0.3 is 5.32 Å². The smallest absolute Gasteiger partial charge is 0.0788 e. The minimum Gasteiger partial charge on any atom is -0.310 e. The van der Waals surface area contributed by atoms with E-state index in [1.54, 1.807) is 6.20 Å². The third-order valence-electron chi connectivity index (χ3n) is 2.52. The number of benzene rings is 1. The van der Waals surface area contributed by atoms with E-state index in [0.29, 0.717) is 6.04 Å². The molecule has 0 saturated carbocycles. The Kier molecular flexibility index (Phi) is 4.59. The summed E-state index contributed by atoms with van der Waals surface area (Å²) in [6.45, 7) is 5.16. The third-order valence-corrected chi connectivity index (χ3v) is 3.57. The summed E-state index contributed by atoms with van der Waals surface area (Å²) in [4.78, 5) is 0. The Balaban J connectivity index is 2.20. The fraction of sp³-hybridized carbons (Fsp3) is 0.308. The maximum Gasteiger partial charge on any atom is 0.0788 e. The summed E-state index contributed by atoms with van der Waals surface area (Å²) in [5.41, 5.74) is 2.29. The monoisotopic (exact) mass is 371 g/mol. The first kappa shape index (κ1) is 13.8. The second kappa shape index (κ2) is 5.99. The van der Waals surface area contributed by atoms with Gasteiger partial charge in [0.1, 0.15) is 0 Å². The van der Waals surface area contributed by atoms with E-state index in [4.69, 9.17) is 0 Å². The minimum atomic E-state index is 0.491. The summed E-state index contributed by atoms with van der Waals surface area (Å²) in [6.07, 6.45) is 3.72. The average Bonchev–Trinajstić information content (AvgIpc) is 2.73. The second-order valence-corrected chi connectivity index (χ2v) is 6.19. The van der Waals surface area contributed by atoms with Gasteiger partial charge in [-0.05, 0) is 49.6 Å². The van der Waals surface area contributed by atoms with Crippen molar-refractivity contribution in [3.63, 3.8) is 0 Å². The van der Waals surface area contributed by atoms with Crippen LogP contribution in [0.25, 0.3) is 5.69 Å². The number of hydrogen-bond acceptors (Lipinski definition) is 2. The van der Waals surface area contributed by atoms with Crippen LogP contribution in [-0.2, 0) is 6.54 Å². The lowest BCUT2D eigenvalue weighted by Crippen LogP contribution is -2.21. The summed E-state index contributed by atoms with van der Waals surface area (Å²) in [6, 6.07) is 6.80. The van der Waals surface area contributed by atoms with Gasteiger partial charge in [0.15, 0.2) is 0 Å². The molecule has 0 aliphatic heterocycles. The quantitative estimate of drug-likeness (QED) is 0.882. The highest BCUT2D eigenvalue weighted by atomic mass is 79.9. The molecule has 18 heavy (non-hydrogen) atoms. The lowest BCUT2D eigenvalue weighted by molar-refractivity contribution is 0.588. The molecule has 96 valence electrons. The average molecular weight is 373 g/mol. The molecule has 1 heterocycles. The van der Waals surface area contributed by atoms with E-state index in [0.717, 1.165) is 21.2 Å². The van der Waals surface area contributed by atoms with Crippen molar-refractivity contribution in [3.05, 3.63) is 45.1 Å². The molecule has 5 heteroatoms. The first-order valence-electron chi connectivity index (χ1n) is 5.78. The zero-order valence-corrected chi connectivity index (χ0v) is 13.5. The number of halogens is 2. The van der Waals surface area contributed by atoms with E-state index in [2.05, 4.69) is 74.3 Å². The van der Waals surface area contributed by atoms with Crippen LogP contribution in [0.15, 0.2) is 39.5 Å². The highest BCUT2D eigenvalue weighted by molar-refractivity contribution is 9.10. The molecule has 0 saturated heterocycles. The lowest BCUT2D eigenvalue weighted by atomic mass is 10.2. The molecule has 2 aromatic rings. The fourth-order valence-electron chi connectivity index (χ4n) is 1.60. The summed E-state index contributed by atoms with van der Waals surface area (Å²) in [5.74, 6) is 0. The molecular weight excluding hydrogens is 358 g/mol. The Hall–Kier alpha value is -0.650. The van der Waals surface area contributed by atoms with Crippen LogP contribution >= 0.6 is 31.9 Å². The van der Waals surface area contributed by atoms with Crippen molar-refractivity contribution in [2.24, 2.45) is 0 Å². The Bertz CT molecular complexity index is 535. The van der Waals surface area contributed by atoms with Gasteiger partial charge in [-0.25, -0.2) is 4.68 Å². The molecule has 2 rings (SSSR count). The van der Waals surface area contributed by atoms with Gasteiger partial charge in [0, 0.05) is 23.3 Å². The molecule has 1 aromatic carbocycles. The maximum atomic E-state index is 4.27. The number of nitrogens with one attached hydrogen (secondary N) is 1. The number of hydrogen-bond donors (Lipinski definition) is 1. The van der Waals surface area contributed by atoms with Gasteiger partial charge in [0.2, 0.25) is 0 Å². The van der Waals surface area contributed by atoms with Crippen LogP contribution in [0.2, 0.25) is 0 Å². The highest BCUT2D eigenvalue weighted by Gasteiger charge is 2.05. The van der Waals surface area contributed by atoms with Crippen molar-refractivity contribution in [2.45, 2.75) is 26.4 Å².